The van der Waals surface area contributed by atoms with Crippen LogP contribution >= 0.6 is 0 Å². The zero-order chi connectivity index (χ0) is 18.9. The third kappa shape index (κ3) is 6.18. The summed E-state index contributed by atoms with van der Waals surface area (Å²) in [7, 11) is 1.83. The molecule has 0 saturated heterocycles. The molecule has 2 rings (SSSR count). The lowest BCUT2D eigenvalue weighted by Crippen LogP contribution is -2.31. The van der Waals surface area contributed by atoms with Crippen molar-refractivity contribution in [2.75, 3.05) is 32.1 Å². The SMILES string of the molecule is Cc1ccc(NC(=O)CN(C)CCCOc2ccccc2)c([N+](=O)[O-])c1. The lowest BCUT2D eigenvalue weighted by atomic mass is 10.2. The van der Waals surface area contributed by atoms with Crippen molar-refractivity contribution in [1.82, 2.24) is 4.90 Å². The number of nitrogens with one attached hydrogen (secondary N) is 1. The maximum atomic E-state index is 12.1. The van der Waals surface area contributed by atoms with E-state index in [9.17, 15) is 14.9 Å². The van der Waals surface area contributed by atoms with Crippen LogP contribution in [-0.2, 0) is 4.79 Å². The molecule has 0 aliphatic carbocycles. The van der Waals surface area contributed by atoms with Crippen LogP contribution in [0.2, 0.25) is 0 Å². The van der Waals surface area contributed by atoms with Gasteiger partial charge in [0.05, 0.1) is 18.1 Å². The number of nitrogens with zero attached hydrogens (tertiary/aromatic N) is 2. The third-order valence-corrected chi connectivity index (χ3v) is 3.73. The van der Waals surface area contributed by atoms with E-state index in [0.717, 1.165) is 17.7 Å². The monoisotopic (exact) mass is 357 g/mol. The second-order valence-electron chi connectivity index (χ2n) is 6.08. The minimum absolute atomic E-state index is 0.0998. The molecule has 2 aromatic carbocycles. The summed E-state index contributed by atoms with van der Waals surface area (Å²) >= 11 is 0. The summed E-state index contributed by atoms with van der Waals surface area (Å²) in [6, 6.07) is 14.3. The van der Waals surface area contributed by atoms with Crippen LogP contribution in [0.4, 0.5) is 11.4 Å². The zero-order valence-electron chi connectivity index (χ0n) is 15.0. The van der Waals surface area contributed by atoms with Gasteiger partial charge in [-0.3, -0.25) is 19.8 Å². The number of carbonyl (C=O) groups is 1. The highest BCUT2D eigenvalue weighted by Crippen LogP contribution is 2.25. The number of aryl methyl sites for hydroxylation is 1. The maximum absolute atomic E-state index is 12.1. The summed E-state index contributed by atoms with van der Waals surface area (Å²) in [5.74, 6) is 0.531. The van der Waals surface area contributed by atoms with E-state index in [1.54, 1.807) is 19.1 Å². The fourth-order valence-electron chi connectivity index (χ4n) is 2.45. The van der Waals surface area contributed by atoms with Crippen LogP contribution in [0.15, 0.2) is 48.5 Å². The largest absolute Gasteiger partial charge is 0.494 e. The molecular formula is C19H23N3O4. The summed E-state index contributed by atoms with van der Waals surface area (Å²) < 4.78 is 5.61. The maximum Gasteiger partial charge on any atom is 0.293 e. The van der Waals surface area contributed by atoms with Crippen LogP contribution in [0.1, 0.15) is 12.0 Å². The number of likely N-dealkylation sites (N-methyl/N-ethyl adjacent to an activating group) is 1. The second kappa shape index (κ2) is 9.53. The lowest BCUT2D eigenvalue weighted by Gasteiger charge is -2.16. The molecule has 26 heavy (non-hydrogen) atoms. The molecule has 0 fully saturated rings. The Kier molecular flexibility index (Phi) is 7.11. The standard InChI is InChI=1S/C19H23N3O4/c1-15-9-10-17(18(13-15)22(24)25)20-19(23)14-21(2)11-6-12-26-16-7-4-3-5-8-16/h3-5,7-10,13H,6,11-12,14H2,1-2H3,(H,20,23). The molecule has 0 unspecified atom stereocenters. The number of rotatable bonds is 9. The summed E-state index contributed by atoms with van der Waals surface area (Å²) in [6.45, 7) is 3.15. The molecule has 1 N–H and O–H groups in total. The van der Waals surface area contributed by atoms with Crippen molar-refractivity contribution in [2.45, 2.75) is 13.3 Å². The number of amides is 1. The van der Waals surface area contributed by atoms with E-state index >= 15 is 0 Å². The molecule has 2 aromatic rings. The predicted octanol–water partition coefficient (Wildman–Crippen LogP) is 3.24. The van der Waals surface area contributed by atoms with E-state index in [-0.39, 0.29) is 23.8 Å². The van der Waals surface area contributed by atoms with Crippen LogP contribution in [0.3, 0.4) is 0 Å². The molecule has 0 aliphatic rings. The highest BCUT2D eigenvalue weighted by atomic mass is 16.6. The lowest BCUT2D eigenvalue weighted by molar-refractivity contribution is -0.384. The molecule has 0 spiro atoms. The number of benzene rings is 2. The molecule has 0 aromatic heterocycles. The van der Waals surface area contributed by atoms with Crippen molar-refractivity contribution in [2.24, 2.45) is 0 Å². The van der Waals surface area contributed by atoms with Crippen LogP contribution in [-0.4, -0.2) is 42.5 Å². The molecule has 0 heterocycles. The van der Waals surface area contributed by atoms with E-state index in [1.807, 2.05) is 42.3 Å². The van der Waals surface area contributed by atoms with Gasteiger partial charge < -0.3 is 10.1 Å². The Morgan fingerprint density at radius 2 is 1.96 bits per heavy atom. The first-order valence-corrected chi connectivity index (χ1v) is 8.37. The van der Waals surface area contributed by atoms with Gasteiger partial charge >= 0.3 is 0 Å². The molecule has 7 nitrogen and oxygen atoms in total. The van der Waals surface area contributed by atoms with Crippen molar-refractivity contribution >= 4 is 17.3 Å². The Morgan fingerprint density at radius 3 is 2.65 bits per heavy atom. The van der Waals surface area contributed by atoms with E-state index in [4.69, 9.17) is 4.74 Å². The fraction of sp³-hybridized carbons (Fsp3) is 0.316. The Morgan fingerprint density at radius 1 is 1.23 bits per heavy atom. The molecule has 0 aliphatic heterocycles. The Balaban J connectivity index is 1.76. The van der Waals surface area contributed by atoms with Crippen LogP contribution < -0.4 is 10.1 Å². The Hall–Kier alpha value is -2.93. The van der Waals surface area contributed by atoms with Crippen LogP contribution in [0.5, 0.6) is 5.75 Å². The van der Waals surface area contributed by atoms with Gasteiger partial charge in [0.1, 0.15) is 11.4 Å². The number of nitro groups is 1. The van der Waals surface area contributed by atoms with Crippen molar-refractivity contribution in [1.29, 1.82) is 0 Å². The summed E-state index contributed by atoms with van der Waals surface area (Å²) in [6.07, 6.45) is 0.767. The van der Waals surface area contributed by atoms with Crippen LogP contribution in [0, 0.1) is 17.0 Å². The van der Waals surface area contributed by atoms with Gasteiger partial charge in [0.15, 0.2) is 0 Å². The first-order valence-electron chi connectivity index (χ1n) is 8.37. The number of hydrogen-bond acceptors (Lipinski definition) is 5. The number of anilines is 1. The van der Waals surface area contributed by atoms with Gasteiger partial charge in [0.2, 0.25) is 5.91 Å². The Labute approximate surface area is 152 Å². The average molecular weight is 357 g/mol. The van der Waals surface area contributed by atoms with E-state index < -0.39 is 4.92 Å². The number of nitro benzene ring substituents is 1. The minimum atomic E-state index is -0.493. The van der Waals surface area contributed by atoms with Gasteiger partial charge in [-0.15, -0.1) is 0 Å². The normalized spacial score (nSPS) is 10.6. The van der Waals surface area contributed by atoms with E-state index in [1.165, 1.54) is 6.07 Å². The van der Waals surface area contributed by atoms with Crippen LogP contribution in [0.25, 0.3) is 0 Å². The quantitative estimate of drug-likeness (QED) is 0.423. The topological polar surface area (TPSA) is 84.7 Å². The molecule has 0 bridgehead atoms. The van der Waals surface area contributed by atoms with Crippen molar-refractivity contribution < 1.29 is 14.5 Å². The highest BCUT2D eigenvalue weighted by molar-refractivity contribution is 5.94. The number of carbonyl (C=O) groups excluding carboxylic acids is 1. The highest BCUT2D eigenvalue weighted by Gasteiger charge is 2.16. The van der Waals surface area contributed by atoms with E-state index in [2.05, 4.69) is 5.32 Å². The molecule has 0 radical (unpaired) electrons. The number of hydrogen-bond donors (Lipinski definition) is 1. The minimum Gasteiger partial charge on any atom is -0.494 e. The van der Waals surface area contributed by atoms with E-state index in [0.29, 0.717) is 13.2 Å². The molecule has 138 valence electrons. The van der Waals surface area contributed by atoms with Gasteiger partial charge in [-0.1, -0.05) is 24.3 Å². The predicted molar refractivity (Wildman–Crippen MR) is 101 cm³/mol. The third-order valence-electron chi connectivity index (χ3n) is 3.73. The van der Waals surface area contributed by atoms with Crippen molar-refractivity contribution in [3.63, 3.8) is 0 Å². The smallest absolute Gasteiger partial charge is 0.293 e. The molecular weight excluding hydrogens is 334 g/mol. The Bertz CT molecular complexity index is 750. The van der Waals surface area contributed by atoms with Gasteiger partial charge in [-0.2, -0.15) is 0 Å². The number of para-hydroxylation sites is 1. The molecule has 1 amide bonds. The summed E-state index contributed by atoms with van der Waals surface area (Å²) in [4.78, 5) is 24.6. The number of ether oxygens (including phenoxy) is 1. The second-order valence-corrected chi connectivity index (χ2v) is 6.08. The zero-order valence-corrected chi connectivity index (χ0v) is 15.0. The summed E-state index contributed by atoms with van der Waals surface area (Å²) in [5.41, 5.74) is 0.883. The van der Waals surface area contributed by atoms with Gasteiger partial charge in [-0.05, 0) is 44.2 Å². The molecule has 0 saturated carbocycles. The fourth-order valence-corrected chi connectivity index (χ4v) is 2.45. The van der Waals surface area contributed by atoms with Gasteiger partial charge in [0, 0.05) is 12.6 Å². The van der Waals surface area contributed by atoms with Gasteiger partial charge in [0.25, 0.3) is 5.69 Å². The first-order chi connectivity index (χ1) is 12.5. The summed E-state index contributed by atoms with van der Waals surface area (Å²) in [5, 5.41) is 13.7. The molecule has 0 atom stereocenters. The van der Waals surface area contributed by atoms with Gasteiger partial charge in [-0.25, -0.2) is 0 Å². The van der Waals surface area contributed by atoms with Crippen molar-refractivity contribution in [3.8, 4) is 5.75 Å². The molecule has 7 heteroatoms. The first kappa shape index (κ1) is 19.4. The average Bonchev–Trinajstić information content (AvgIpc) is 2.61. The van der Waals surface area contributed by atoms with Crippen molar-refractivity contribution in [3.05, 3.63) is 64.2 Å².